The lowest BCUT2D eigenvalue weighted by Gasteiger charge is -2.09. The number of esters is 2. The normalized spacial score (nSPS) is 12.1. The Hall–Kier alpha value is -6.36. The number of allylic oxidation sites excluding steroid dienone is 2. The summed E-state index contributed by atoms with van der Waals surface area (Å²) in [6.45, 7) is 0. The van der Waals surface area contributed by atoms with Crippen LogP contribution in [0.1, 0.15) is 56.7 Å². The van der Waals surface area contributed by atoms with Gasteiger partial charge in [-0.05, 0) is 84.0 Å². The number of carboxylic acid groups (broad SMARTS) is 2. The van der Waals surface area contributed by atoms with E-state index in [1.807, 2.05) is 54.7 Å². The van der Waals surface area contributed by atoms with Gasteiger partial charge in [0.2, 0.25) is 0 Å². The number of para-hydroxylation sites is 1. The van der Waals surface area contributed by atoms with E-state index in [2.05, 4.69) is 21.3 Å². The molecule has 6 rings (SSSR count). The maximum absolute atomic E-state index is 12.6. The molecule has 0 atom stereocenters. The number of carboxylic acids is 2. The van der Waals surface area contributed by atoms with Crippen LogP contribution in [0.25, 0.3) is 16.5 Å². The van der Waals surface area contributed by atoms with E-state index < -0.39 is 23.9 Å². The van der Waals surface area contributed by atoms with E-state index in [9.17, 15) is 29.4 Å². The Bertz CT molecular complexity index is 2130. The molecule has 1 aliphatic rings. The highest BCUT2D eigenvalue weighted by molar-refractivity contribution is 5.94. The molecule has 48 heavy (non-hydrogen) atoms. The summed E-state index contributed by atoms with van der Waals surface area (Å²) >= 11 is 0. The molecule has 11 heteroatoms. The van der Waals surface area contributed by atoms with Gasteiger partial charge in [-0.25, -0.2) is 9.59 Å². The van der Waals surface area contributed by atoms with E-state index in [1.54, 1.807) is 0 Å². The van der Waals surface area contributed by atoms with Gasteiger partial charge >= 0.3 is 23.9 Å². The van der Waals surface area contributed by atoms with Crippen LogP contribution in [0.4, 0.5) is 11.4 Å². The summed E-state index contributed by atoms with van der Waals surface area (Å²) < 4.78 is 10.8. The molecule has 0 aliphatic heterocycles. The molecule has 1 aliphatic carbocycles. The number of nitrogens with zero attached hydrogens (tertiary/aromatic N) is 2. The molecule has 0 radical (unpaired) electrons. The fourth-order valence-electron chi connectivity index (χ4n) is 5.54. The average molecular weight is 644 g/mol. The fraction of sp³-hybridized carbons (Fsp3) is 0.135. The lowest BCUT2D eigenvalue weighted by Crippen LogP contribution is -2.12. The number of benzene rings is 4. The van der Waals surface area contributed by atoms with Crippen LogP contribution in [0.3, 0.4) is 0 Å². The second kappa shape index (κ2) is 14.0. The van der Waals surface area contributed by atoms with Gasteiger partial charge in [-0.2, -0.15) is 10.2 Å². The summed E-state index contributed by atoms with van der Waals surface area (Å²) in [5, 5.41) is 28.6. The van der Waals surface area contributed by atoms with Crippen molar-refractivity contribution in [1.82, 2.24) is 4.98 Å². The van der Waals surface area contributed by atoms with E-state index in [1.165, 1.54) is 42.0 Å². The molecule has 0 saturated heterocycles. The third-order valence-electron chi connectivity index (χ3n) is 7.92. The number of hydrogen-bond donors (Lipinski definition) is 3. The molecule has 0 saturated carbocycles. The first-order chi connectivity index (χ1) is 23.2. The van der Waals surface area contributed by atoms with Crippen molar-refractivity contribution in [3.8, 4) is 11.5 Å². The van der Waals surface area contributed by atoms with Crippen LogP contribution in [0, 0.1) is 0 Å². The molecular weight excluding hydrogens is 614 g/mol. The van der Waals surface area contributed by atoms with Crippen LogP contribution < -0.4 is 9.47 Å². The number of hydrogen-bond acceptors (Lipinski definition) is 8. The minimum absolute atomic E-state index is 0.0339. The Kier molecular flexibility index (Phi) is 9.19. The number of ether oxygens (including phenoxy) is 2. The zero-order valence-electron chi connectivity index (χ0n) is 25.5. The molecule has 0 fully saturated rings. The third-order valence-corrected chi connectivity index (χ3v) is 7.92. The molecule has 0 amide bonds. The van der Waals surface area contributed by atoms with Crippen LogP contribution in [0.2, 0.25) is 0 Å². The zero-order chi connectivity index (χ0) is 33.6. The van der Waals surface area contributed by atoms with E-state index in [4.69, 9.17) is 9.47 Å². The summed E-state index contributed by atoms with van der Waals surface area (Å²) in [4.78, 5) is 52.3. The van der Waals surface area contributed by atoms with Gasteiger partial charge in [0.25, 0.3) is 0 Å². The van der Waals surface area contributed by atoms with Gasteiger partial charge in [-0.3, -0.25) is 9.59 Å². The Morgan fingerprint density at radius 1 is 0.708 bits per heavy atom. The molecule has 5 aromatic rings. The molecule has 11 nitrogen and oxygen atoms in total. The van der Waals surface area contributed by atoms with Crippen molar-refractivity contribution < 1.29 is 38.9 Å². The van der Waals surface area contributed by atoms with Crippen LogP contribution in [0.5, 0.6) is 11.5 Å². The number of aromatic amines is 1. The topological polar surface area (TPSA) is 168 Å². The quantitative estimate of drug-likeness (QED) is 0.0702. The van der Waals surface area contributed by atoms with Crippen molar-refractivity contribution in [2.45, 2.75) is 32.1 Å². The summed E-state index contributed by atoms with van der Waals surface area (Å²) in [6.07, 6.45) is 5.69. The van der Waals surface area contributed by atoms with Gasteiger partial charge in [-0.1, -0.05) is 48.5 Å². The monoisotopic (exact) mass is 643 g/mol. The van der Waals surface area contributed by atoms with Crippen LogP contribution in [-0.2, 0) is 22.4 Å². The second-order valence-electron chi connectivity index (χ2n) is 11.1. The van der Waals surface area contributed by atoms with E-state index in [-0.39, 0.29) is 46.8 Å². The number of carbonyl (C=O) groups excluding carboxylic acids is 2. The predicted molar refractivity (Wildman–Crippen MR) is 176 cm³/mol. The largest absolute Gasteiger partial charge is 0.478 e. The highest BCUT2D eigenvalue weighted by Gasteiger charge is 2.19. The molecule has 0 unspecified atom stereocenters. The third kappa shape index (κ3) is 7.20. The van der Waals surface area contributed by atoms with Crippen molar-refractivity contribution in [2.24, 2.45) is 10.2 Å². The lowest BCUT2D eigenvalue weighted by molar-refractivity contribution is -0.135. The van der Waals surface area contributed by atoms with Gasteiger partial charge in [-0.15, -0.1) is 0 Å². The van der Waals surface area contributed by atoms with Gasteiger partial charge in [0.05, 0.1) is 17.8 Å². The number of nitrogens with one attached hydrogen (secondary N) is 1. The number of aromatic nitrogens is 1. The number of aromatic carboxylic acids is 2. The van der Waals surface area contributed by atoms with Gasteiger partial charge in [0.1, 0.15) is 22.6 Å². The Morgan fingerprint density at radius 2 is 1.29 bits per heavy atom. The first kappa shape index (κ1) is 31.6. The number of rotatable bonds is 12. The Balaban J connectivity index is 1.08. The Labute approximate surface area is 274 Å². The number of H-pyrrole nitrogens is 1. The molecule has 4 aromatic carbocycles. The fourth-order valence-corrected chi connectivity index (χ4v) is 5.54. The standard InChI is InChI=1S/C37H29N3O8/c41-34(17-11-23-10-9-22-5-1-2-6-27(22)23)47-32-15-13-25(19-29(32)36(43)44)39-40-26-14-16-33(30(20-26)37(45)46)48-35(42)18-12-24-21-38-31-8-4-3-7-28(24)31/h1-8,10,13-16,19-21,38H,9,11-12,17-18H2,(H,43,44)(H,45,46). The summed E-state index contributed by atoms with van der Waals surface area (Å²) in [7, 11) is 0. The van der Waals surface area contributed by atoms with E-state index in [0.717, 1.165) is 34.0 Å². The van der Waals surface area contributed by atoms with Crippen molar-refractivity contribution in [1.29, 1.82) is 0 Å². The molecule has 1 aromatic heterocycles. The summed E-state index contributed by atoms with van der Waals surface area (Å²) in [6, 6.07) is 23.5. The first-order valence-corrected chi connectivity index (χ1v) is 15.2. The first-order valence-electron chi connectivity index (χ1n) is 15.2. The van der Waals surface area contributed by atoms with Gasteiger partial charge in [0, 0.05) is 23.5 Å². The molecule has 240 valence electrons. The lowest BCUT2D eigenvalue weighted by atomic mass is 10.0. The molecule has 3 N–H and O–H groups in total. The SMILES string of the molecule is O=C(CCC1=CCc2ccccc21)Oc1ccc(N=Nc2ccc(OC(=O)CCc3c[nH]c4ccccc34)c(C(=O)O)c2)cc1C(=O)O. The van der Waals surface area contributed by atoms with Gasteiger partial charge in [0.15, 0.2) is 0 Å². The average Bonchev–Trinajstić information content (AvgIpc) is 3.70. The molecule has 0 bridgehead atoms. The number of aryl methyl sites for hydroxylation is 1. The minimum atomic E-state index is -1.33. The van der Waals surface area contributed by atoms with Gasteiger partial charge < -0.3 is 24.7 Å². The van der Waals surface area contributed by atoms with Crippen molar-refractivity contribution in [3.63, 3.8) is 0 Å². The maximum atomic E-state index is 12.6. The number of carbonyl (C=O) groups is 4. The summed E-state index contributed by atoms with van der Waals surface area (Å²) in [5.41, 5.74) is 4.93. The molecule has 1 heterocycles. The Morgan fingerprint density at radius 3 is 1.94 bits per heavy atom. The van der Waals surface area contributed by atoms with Crippen molar-refractivity contribution >= 4 is 51.7 Å². The maximum Gasteiger partial charge on any atom is 0.339 e. The summed E-state index contributed by atoms with van der Waals surface area (Å²) in [5.74, 6) is -4.10. The molecule has 0 spiro atoms. The van der Waals surface area contributed by atoms with Crippen molar-refractivity contribution in [3.05, 3.63) is 125 Å². The minimum Gasteiger partial charge on any atom is -0.478 e. The zero-order valence-corrected chi connectivity index (χ0v) is 25.5. The van der Waals surface area contributed by atoms with Crippen LogP contribution >= 0.6 is 0 Å². The number of fused-ring (bicyclic) bond motifs is 2. The second-order valence-corrected chi connectivity index (χ2v) is 11.1. The smallest absolute Gasteiger partial charge is 0.339 e. The van der Waals surface area contributed by atoms with Crippen LogP contribution in [0.15, 0.2) is 107 Å². The number of azo groups is 1. The van der Waals surface area contributed by atoms with Crippen LogP contribution in [-0.4, -0.2) is 39.1 Å². The van der Waals surface area contributed by atoms with Crippen molar-refractivity contribution in [2.75, 3.05) is 0 Å². The highest BCUT2D eigenvalue weighted by Crippen LogP contribution is 2.32. The van der Waals surface area contributed by atoms with E-state index >= 15 is 0 Å². The van der Waals surface area contributed by atoms with E-state index in [0.29, 0.717) is 12.8 Å². The highest BCUT2D eigenvalue weighted by atomic mass is 16.5. The predicted octanol–water partition coefficient (Wildman–Crippen LogP) is 7.84. The molecular formula is C37H29N3O8.